The minimum absolute atomic E-state index is 0.0139. The van der Waals surface area contributed by atoms with Crippen molar-refractivity contribution in [3.8, 4) is 0 Å². The highest BCUT2D eigenvalue weighted by Crippen LogP contribution is 2.19. The lowest BCUT2D eigenvalue weighted by molar-refractivity contribution is -0.128. The van der Waals surface area contributed by atoms with Gasteiger partial charge in [-0.1, -0.05) is 13.3 Å². The van der Waals surface area contributed by atoms with Gasteiger partial charge in [-0.3, -0.25) is 14.5 Å². The third-order valence-electron chi connectivity index (χ3n) is 3.95. The predicted molar refractivity (Wildman–Crippen MR) is 65.7 cm³/mol. The molecule has 0 aliphatic carbocycles. The Morgan fingerprint density at radius 1 is 1.24 bits per heavy atom. The zero-order valence-corrected chi connectivity index (χ0v) is 10.7. The van der Waals surface area contributed by atoms with Crippen molar-refractivity contribution >= 4 is 11.7 Å². The quantitative estimate of drug-likeness (QED) is 0.687. The molecular formula is C13H22N2O2. The molecule has 2 fully saturated rings. The summed E-state index contributed by atoms with van der Waals surface area (Å²) >= 11 is 0. The van der Waals surface area contributed by atoms with Crippen LogP contribution in [0.15, 0.2) is 0 Å². The number of likely N-dealkylation sites (tertiary alicyclic amines) is 2. The normalized spacial score (nSPS) is 26.9. The van der Waals surface area contributed by atoms with Crippen LogP contribution < -0.4 is 0 Å². The number of rotatable bonds is 4. The number of nitrogens with zero attached hydrogens (tertiary/aromatic N) is 2. The van der Waals surface area contributed by atoms with Gasteiger partial charge in [0, 0.05) is 19.1 Å². The van der Waals surface area contributed by atoms with E-state index in [9.17, 15) is 9.59 Å². The van der Waals surface area contributed by atoms with Crippen molar-refractivity contribution in [3.63, 3.8) is 0 Å². The van der Waals surface area contributed by atoms with Gasteiger partial charge >= 0.3 is 0 Å². The number of hydrogen-bond donors (Lipinski definition) is 0. The maximum Gasteiger partial charge on any atom is 0.230 e. The molecule has 2 heterocycles. The first kappa shape index (κ1) is 12.6. The molecule has 17 heavy (non-hydrogen) atoms. The maximum absolute atomic E-state index is 11.5. The maximum atomic E-state index is 11.5. The molecule has 1 atom stereocenters. The Bertz CT molecular complexity index is 304. The number of carbonyl (C=O) groups excluding carboxylic acids is 2. The summed E-state index contributed by atoms with van der Waals surface area (Å²) in [6.45, 7) is 5.37. The van der Waals surface area contributed by atoms with Gasteiger partial charge in [-0.15, -0.1) is 0 Å². The molecule has 4 nitrogen and oxygen atoms in total. The average molecular weight is 238 g/mol. The van der Waals surface area contributed by atoms with Crippen LogP contribution in [-0.2, 0) is 9.59 Å². The summed E-state index contributed by atoms with van der Waals surface area (Å²) in [4.78, 5) is 26.9. The van der Waals surface area contributed by atoms with Gasteiger partial charge in [-0.05, 0) is 25.8 Å². The number of carbonyl (C=O) groups is 2. The van der Waals surface area contributed by atoms with Gasteiger partial charge in [0.05, 0.1) is 13.0 Å². The van der Waals surface area contributed by atoms with Crippen LogP contribution in [-0.4, -0.2) is 53.7 Å². The van der Waals surface area contributed by atoms with Crippen molar-refractivity contribution in [2.75, 3.05) is 26.2 Å². The van der Waals surface area contributed by atoms with Gasteiger partial charge in [0.15, 0.2) is 5.78 Å². The Morgan fingerprint density at radius 3 is 2.71 bits per heavy atom. The van der Waals surface area contributed by atoms with Crippen molar-refractivity contribution in [2.24, 2.45) is 0 Å². The lowest BCUT2D eigenvalue weighted by Crippen LogP contribution is -2.44. The third-order valence-corrected chi connectivity index (χ3v) is 3.95. The smallest absolute Gasteiger partial charge is 0.230 e. The predicted octanol–water partition coefficient (Wildman–Crippen LogP) is 1.05. The van der Waals surface area contributed by atoms with Crippen LogP contribution >= 0.6 is 0 Å². The fourth-order valence-electron chi connectivity index (χ4n) is 2.91. The lowest BCUT2D eigenvalue weighted by Gasteiger charge is -2.36. The van der Waals surface area contributed by atoms with Crippen LogP contribution in [0.1, 0.15) is 39.0 Å². The molecule has 2 rings (SSSR count). The fraction of sp³-hybridized carbons (Fsp3) is 0.846. The third kappa shape index (κ3) is 3.06. The molecule has 0 saturated carbocycles. The summed E-state index contributed by atoms with van der Waals surface area (Å²) in [5.41, 5.74) is 0. The van der Waals surface area contributed by atoms with Crippen LogP contribution in [0.2, 0.25) is 0 Å². The van der Waals surface area contributed by atoms with Crippen LogP contribution in [0.5, 0.6) is 0 Å². The number of hydrogen-bond acceptors (Lipinski definition) is 3. The first-order chi connectivity index (χ1) is 8.20. The first-order valence-electron chi connectivity index (χ1n) is 6.74. The van der Waals surface area contributed by atoms with Crippen molar-refractivity contribution in [1.82, 2.24) is 9.80 Å². The van der Waals surface area contributed by atoms with Crippen molar-refractivity contribution in [1.29, 1.82) is 0 Å². The molecule has 96 valence electrons. The SMILES string of the molecule is CCC1CCCCN1CCN1CC(=O)CC1=O. The zero-order chi connectivity index (χ0) is 12.3. The largest absolute Gasteiger partial charge is 0.334 e. The Kier molecular flexibility index (Phi) is 4.15. The topological polar surface area (TPSA) is 40.6 Å². The molecule has 2 aliphatic rings. The second kappa shape index (κ2) is 5.63. The van der Waals surface area contributed by atoms with Crippen molar-refractivity contribution in [3.05, 3.63) is 0 Å². The summed E-state index contributed by atoms with van der Waals surface area (Å²) in [6.07, 6.45) is 5.19. The standard InChI is InChI=1S/C13H22N2O2/c1-2-11-5-3-4-6-14(11)7-8-15-10-12(16)9-13(15)17/h11H,2-10H2,1H3. The first-order valence-corrected chi connectivity index (χ1v) is 6.74. The molecule has 2 saturated heterocycles. The van der Waals surface area contributed by atoms with E-state index in [0.717, 1.165) is 19.6 Å². The molecular weight excluding hydrogens is 216 g/mol. The van der Waals surface area contributed by atoms with Crippen LogP contribution in [0.25, 0.3) is 0 Å². The highest BCUT2D eigenvalue weighted by molar-refractivity contribution is 6.05. The highest BCUT2D eigenvalue weighted by Gasteiger charge is 2.28. The molecule has 0 aromatic heterocycles. The van der Waals surface area contributed by atoms with Crippen molar-refractivity contribution in [2.45, 2.75) is 45.1 Å². The highest BCUT2D eigenvalue weighted by atomic mass is 16.2. The summed E-state index contributed by atoms with van der Waals surface area (Å²) in [7, 11) is 0. The van der Waals surface area contributed by atoms with Crippen LogP contribution in [0.3, 0.4) is 0 Å². The van der Waals surface area contributed by atoms with Gasteiger partial charge in [0.25, 0.3) is 0 Å². The van der Waals surface area contributed by atoms with Gasteiger partial charge in [0.1, 0.15) is 0 Å². The number of Topliss-reactive ketones (excluding diaryl/α,β-unsaturated/α-hetero) is 1. The summed E-state index contributed by atoms with van der Waals surface area (Å²) in [5.74, 6) is 0.0840. The van der Waals surface area contributed by atoms with Crippen LogP contribution in [0.4, 0.5) is 0 Å². The van der Waals surface area contributed by atoms with E-state index in [0.29, 0.717) is 12.6 Å². The minimum Gasteiger partial charge on any atom is -0.334 e. The number of piperidine rings is 1. The average Bonchev–Trinajstić information content (AvgIpc) is 2.65. The van der Waals surface area contributed by atoms with E-state index in [-0.39, 0.29) is 18.1 Å². The molecule has 0 spiro atoms. The van der Waals surface area contributed by atoms with Gasteiger partial charge < -0.3 is 4.90 Å². The van der Waals surface area contributed by atoms with E-state index in [1.165, 1.54) is 25.7 Å². The molecule has 1 unspecified atom stereocenters. The molecule has 4 heteroatoms. The molecule has 0 aromatic rings. The Morgan fingerprint density at radius 2 is 2.06 bits per heavy atom. The van der Waals surface area contributed by atoms with E-state index in [2.05, 4.69) is 11.8 Å². The zero-order valence-electron chi connectivity index (χ0n) is 10.7. The molecule has 0 bridgehead atoms. The molecule has 0 N–H and O–H groups in total. The Labute approximate surface area is 103 Å². The Balaban J connectivity index is 1.80. The van der Waals surface area contributed by atoms with E-state index in [4.69, 9.17) is 0 Å². The van der Waals surface area contributed by atoms with E-state index in [1.807, 2.05) is 0 Å². The molecule has 0 radical (unpaired) electrons. The summed E-state index contributed by atoms with van der Waals surface area (Å²) < 4.78 is 0. The van der Waals surface area contributed by atoms with Gasteiger partial charge in [-0.25, -0.2) is 0 Å². The molecule has 2 aliphatic heterocycles. The van der Waals surface area contributed by atoms with E-state index >= 15 is 0 Å². The molecule has 0 aromatic carbocycles. The summed E-state index contributed by atoms with van der Waals surface area (Å²) in [6, 6.07) is 0.678. The second-order valence-electron chi connectivity index (χ2n) is 5.12. The molecule has 1 amide bonds. The minimum atomic E-state index is 0.0139. The van der Waals surface area contributed by atoms with Gasteiger partial charge in [-0.2, -0.15) is 0 Å². The summed E-state index contributed by atoms with van der Waals surface area (Å²) in [5, 5.41) is 0. The monoisotopic (exact) mass is 238 g/mol. The second-order valence-corrected chi connectivity index (χ2v) is 5.12. The van der Waals surface area contributed by atoms with E-state index in [1.54, 1.807) is 4.90 Å². The number of amides is 1. The van der Waals surface area contributed by atoms with E-state index < -0.39 is 0 Å². The van der Waals surface area contributed by atoms with Crippen LogP contribution in [0, 0.1) is 0 Å². The van der Waals surface area contributed by atoms with Gasteiger partial charge in [0.2, 0.25) is 5.91 Å². The lowest BCUT2D eigenvalue weighted by atomic mass is 10.0. The number of ketones is 1. The Hall–Kier alpha value is -0.900. The fourth-order valence-corrected chi connectivity index (χ4v) is 2.91. The van der Waals surface area contributed by atoms with Crippen molar-refractivity contribution < 1.29 is 9.59 Å².